The molecule has 0 radical (unpaired) electrons. The Morgan fingerprint density at radius 1 is 1.06 bits per heavy atom. The number of rotatable bonds is 2. The predicted molar refractivity (Wildman–Crippen MR) is 123 cm³/mol. The number of hydrogen-bond donors (Lipinski definition) is 0. The van der Waals surface area contributed by atoms with Crippen LogP contribution in [0.4, 0.5) is 15.4 Å². The van der Waals surface area contributed by atoms with Crippen LogP contribution < -0.4 is 4.90 Å². The number of likely N-dealkylation sites (tertiary alicyclic amines) is 1. The van der Waals surface area contributed by atoms with Crippen LogP contribution in [0.25, 0.3) is 11.0 Å². The molecule has 2 atom stereocenters. The van der Waals surface area contributed by atoms with E-state index in [2.05, 4.69) is 21.8 Å². The van der Waals surface area contributed by atoms with Crippen molar-refractivity contribution in [1.29, 1.82) is 0 Å². The molecule has 9 heteroatoms. The molecule has 0 aliphatic carbocycles. The smallest absolute Gasteiger partial charge is 0.420 e. The van der Waals surface area contributed by atoms with Crippen LogP contribution in [-0.2, 0) is 9.47 Å². The van der Waals surface area contributed by atoms with Crippen molar-refractivity contribution in [1.82, 2.24) is 19.4 Å². The molecule has 2 aromatic rings. The zero-order valence-corrected chi connectivity index (χ0v) is 20.4. The van der Waals surface area contributed by atoms with Gasteiger partial charge in [0.15, 0.2) is 5.65 Å². The second kappa shape index (κ2) is 8.60. The number of carbonyl (C=O) groups excluding carboxylic acids is 2. The van der Waals surface area contributed by atoms with Gasteiger partial charge in [0.1, 0.15) is 23.3 Å². The quantitative estimate of drug-likeness (QED) is 0.681. The molecule has 176 valence electrons. The van der Waals surface area contributed by atoms with Gasteiger partial charge in [0.2, 0.25) is 0 Å². The highest BCUT2D eigenvalue weighted by atomic mass is 16.6. The first-order valence-electron chi connectivity index (χ1n) is 11.0. The van der Waals surface area contributed by atoms with Crippen LogP contribution >= 0.6 is 0 Å². The summed E-state index contributed by atoms with van der Waals surface area (Å²) in [5.41, 5.74) is -0.656. The number of fused-ring (bicyclic) bond motifs is 1. The summed E-state index contributed by atoms with van der Waals surface area (Å²) in [4.78, 5) is 37.9. The molecule has 0 aromatic carbocycles. The topological polar surface area (TPSA) is 89.8 Å². The SMILES string of the molecule is CC1CCN(C(=O)OC(C)(C)C)CC1N(C)c1ncnc2c1ccn2C(=O)OC(C)(C)C. The average Bonchev–Trinajstić information content (AvgIpc) is 3.09. The molecular formula is C23H35N5O4. The van der Waals surface area contributed by atoms with E-state index in [1.807, 2.05) is 54.7 Å². The lowest BCUT2D eigenvalue weighted by molar-refractivity contribution is 0.0165. The van der Waals surface area contributed by atoms with Crippen molar-refractivity contribution < 1.29 is 19.1 Å². The molecule has 2 unspecified atom stereocenters. The lowest BCUT2D eigenvalue weighted by Crippen LogP contribution is -2.53. The van der Waals surface area contributed by atoms with Crippen LogP contribution in [0.5, 0.6) is 0 Å². The molecule has 1 fully saturated rings. The number of likely N-dealkylation sites (N-methyl/N-ethyl adjacent to an activating group) is 1. The summed E-state index contributed by atoms with van der Waals surface area (Å²) in [6, 6.07) is 1.86. The summed E-state index contributed by atoms with van der Waals surface area (Å²) >= 11 is 0. The largest absolute Gasteiger partial charge is 0.444 e. The Balaban J connectivity index is 1.86. The molecule has 1 aliphatic heterocycles. The van der Waals surface area contributed by atoms with Crippen molar-refractivity contribution in [2.45, 2.75) is 72.1 Å². The lowest BCUT2D eigenvalue weighted by Gasteiger charge is -2.42. The number of piperidine rings is 1. The minimum atomic E-state index is -0.608. The Morgan fingerprint density at radius 2 is 1.69 bits per heavy atom. The monoisotopic (exact) mass is 445 g/mol. The van der Waals surface area contributed by atoms with Crippen molar-refractivity contribution in [3.05, 3.63) is 18.6 Å². The number of aromatic nitrogens is 3. The van der Waals surface area contributed by atoms with Gasteiger partial charge in [-0.05, 0) is 59.9 Å². The highest BCUT2D eigenvalue weighted by Gasteiger charge is 2.35. The summed E-state index contributed by atoms with van der Waals surface area (Å²) < 4.78 is 12.5. The van der Waals surface area contributed by atoms with E-state index in [0.29, 0.717) is 30.5 Å². The van der Waals surface area contributed by atoms with Gasteiger partial charge >= 0.3 is 12.2 Å². The number of ether oxygens (including phenoxy) is 2. The Kier molecular flexibility index (Phi) is 6.40. The number of carbonyl (C=O) groups is 2. The Hall–Kier alpha value is -2.84. The normalized spacial score (nSPS) is 19.7. The molecule has 3 rings (SSSR count). The van der Waals surface area contributed by atoms with Crippen molar-refractivity contribution in [3.63, 3.8) is 0 Å². The van der Waals surface area contributed by atoms with E-state index in [0.717, 1.165) is 11.8 Å². The first-order valence-corrected chi connectivity index (χ1v) is 11.0. The summed E-state index contributed by atoms with van der Waals surface area (Å²) in [5.74, 6) is 1.05. The molecule has 0 N–H and O–H groups in total. The molecule has 1 amide bonds. The third-order valence-electron chi connectivity index (χ3n) is 5.45. The van der Waals surface area contributed by atoms with E-state index in [-0.39, 0.29) is 12.1 Å². The van der Waals surface area contributed by atoms with E-state index in [9.17, 15) is 9.59 Å². The van der Waals surface area contributed by atoms with Gasteiger partial charge < -0.3 is 19.3 Å². The van der Waals surface area contributed by atoms with E-state index < -0.39 is 17.3 Å². The van der Waals surface area contributed by atoms with Crippen LogP contribution in [0, 0.1) is 5.92 Å². The van der Waals surface area contributed by atoms with E-state index in [1.165, 1.54) is 10.9 Å². The second-order valence-corrected chi connectivity index (χ2v) is 10.5. The highest BCUT2D eigenvalue weighted by Crippen LogP contribution is 2.30. The van der Waals surface area contributed by atoms with Crippen molar-refractivity contribution in [3.8, 4) is 0 Å². The fraction of sp³-hybridized carbons (Fsp3) is 0.652. The minimum Gasteiger partial charge on any atom is -0.444 e. The van der Waals surface area contributed by atoms with Gasteiger partial charge in [-0.15, -0.1) is 0 Å². The Bertz CT molecular complexity index is 988. The van der Waals surface area contributed by atoms with Crippen LogP contribution in [0.2, 0.25) is 0 Å². The molecule has 1 aliphatic rings. The highest BCUT2D eigenvalue weighted by molar-refractivity contribution is 5.93. The maximum absolute atomic E-state index is 12.6. The molecular weight excluding hydrogens is 410 g/mol. The van der Waals surface area contributed by atoms with Gasteiger partial charge in [-0.25, -0.2) is 24.1 Å². The molecule has 0 bridgehead atoms. The first kappa shape index (κ1) is 23.8. The lowest BCUT2D eigenvalue weighted by atomic mass is 9.92. The number of nitrogens with zero attached hydrogens (tertiary/aromatic N) is 5. The van der Waals surface area contributed by atoms with Crippen LogP contribution in [-0.4, -0.2) is 69.0 Å². The fourth-order valence-corrected chi connectivity index (χ4v) is 3.88. The van der Waals surface area contributed by atoms with Crippen LogP contribution in [0.1, 0.15) is 54.9 Å². The zero-order chi connectivity index (χ0) is 23.8. The summed E-state index contributed by atoms with van der Waals surface area (Å²) in [5, 5.41) is 0.752. The standard InChI is InChI=1S/C23H35N5O4/c1-15-9-11-27(20(29)31-22(2,3)4)13-17(15)26(8)18-16-10-12-28(19(16)25-14-24-18)21(30)32-23(5,6)7/h10,12,14-15,17H,9,11,13H2,1-8H3. The molecule has 0 spiro atoms. The van der Waals surface area contributed by atoms with E-state index in [4.69, 9.17) is 9.47 Å². The van der Waals surface area contributed by atoms with Gasteiger partial charge in [0.05, 0.1) is 11.4 Å². The number of hydrogen-bond acceptors (Lipinski definition) is 7. The maximum Gasteiger partial charge on any atom is 0.420 e. The van der Waals surface area contributed by atoms with Crippen molar-refractivity contribution in [2.24, 2.45) is 5.92 Å². The van der Waals surface area contributed by atoms with Gasteiger partial charge in [-0.2, -0.15) is 0 Å². The third-order valence-corrected chi connectivity index (χ3v) is 5.45. The Labute approximate surface area is 189 Å². The fourth-order valence-electron chi connectivity index (χ4n) is 3.88. The molecule has 3 heterocycles. The van der Waals surface area contributed by atoms with Gasteiger partial charge in [0.25, 0.3) is 0 Å². The first-order chi connectivity index (χ1) is 14.8. The summed E-state index contributed by atoms with van der Waals surface area (Å²) in [6.45, 7) is 14.5. The Morgan fingerprint density at radius 3 is 2.31 bits per heavy atom. The number of amides is 1. The van der Waals surface area contributed by atoms with E-state index in [1.54, 1.807) is 11.1 Å². The maximum atomic E-state index is 12.6. The summed E-state index contributed by atoms with van der Waals surface area (Å²) in [7, 11) is 1.96. The second-order valence-electron chi connectivity index (χ2n) is 10.5. The summed E-state index contributed by atoms with van der Waals surface area (Å²) in [6.07, 6.45) is 3.19. The minimum absolute atomic E-state index is 0.0410. The molecule has 0 saturated carbocycles. The van der Waals surface area contributed by atoms with Gasteiger partial charge in [0, 0.05) is 26.3 Å². The third kappa shape index (κ3) is 5.31. The van der Waals surface area contributed by atoms with Crippen molar-refractivity contribution in [2.75, 3.05) is 25.0 Å². The van der Waals surface area contributed by atoms with Crippen molar-refractivity contribution >= 4 is 29.0 Å². The molecule has 1 saturated heterocycles. The molecule has 32 heavy (non-hydrogen) atoms. The average molecular weight is 446 g/mol. The molecule has 2 aromatic heterocycles. The van der Waals surface area contributed by atoms with E-state index >= 15 is 0 Å². The zero-order valence-electron chi connectivity index (χ0n) is 20.4. The predicted octanol–water partition coefficient (Wildman–Crippen LogP) is 4.30. The van der Waals surface area contributed by atoms with Crippen LogP contribution in [0.3, 0.4) is 0 Å². The number of anilines is 1. The van der Waals surface area contributed by atoms with Gasteiger partial charge in [-0.1, -0.05) is 6.92 Å². The van der Waals surface area contributed by atoms with Crippen LogP contribution in [0.15, 0.2) is 18.6 Å². The van der Waals surface area contributed by atoms with Gasteiger partial charge in [-0.3, -0.25) is 0 Å². The molecule has 9 nitrogen and oxygen atoms in total.